The van der Waals surface area contributed by atoms with E-state index in [-0.39, 0.29) is 50.2 Å². The molecule has 2 atom stereocenters. The molecule has 2 aromatic heterocycles. The van der Waals surface area contributed by atoms with Gasteiger partial charge in [-0.2, -0.15) is 0 Å². The minimum Gasteiger partial charge on any atom is -0.335 e. The number of benzene rings is 6. The summed E-state index contributed by atoms with van der Waals surface area (Å²) in [5.74, 6) is 0. The maximum atomic E-state index is 2.98. The highest BCUT2D eigenvalue weighted by Crippen LogP contribution is 2.63. The third-order valence-electron chi connectivity index (χ3n) is 21.6. The van der Waals surface area contributed by atoms with Gasteiger partial charge in [0.1, 0.15) is 0 Å². The van der Waals surface area contributed by atoms with E-state index in [2.05, 4.69) is 223 Å². The molecule has 5 heterocycles. The van der Waals surface area contributed by atoms with Crippen LogP contribution in [-0.4, -0.2) is 16.8 Å². The summed E-state index contributed by atoms with van der Waals surface area (Å²) in [5, 5.41) is 2.76. The molecule has 0 bridgehead atoms. The summed E-state index contributed by atoms with van der Waals surface area (Å²) < 4.78 is 5.57. The molecule has 8 aromatic rings. The van der Waals surface area contributed by atoms with Crippen LogP contribution >= 0.6 is 11.3 Å². The smallest absolute Gasteiger partial charge is 0.252 e. The van der Waals surface area contributed by atoms with Crippen molar-refractivity contribution in [1.82, 2.24) is 4.57 Å². The van der Waals surface area contributed by atoms with Gasteiger partial charge in [0.05, 0.1) is 27.0 Å². The molecule has 3 aliphatic heterocycles. The number of rotatable bonds is 3. The molecule has 5 heteroatoms. The maximum absolute atomic E-state index is 2.98. The molecule has 0 spiro atoms. The van der Waals surface area contributed by atoms with Crippen LogP contribution in [-0.2, 0) is 37.9 Å². The third-order valence-corrected chi connectivity index (χ3v) is 22.8. The molecule has 1 saturated carbocycles. The number of aromatic nitrogens is 1. The quantitative estimate of drug-likeness (QED) is 0.163. The number of thiophene rings is 1. The highest BCUT2D eigenvalue weighted by atomic mass is 32.1. The lowest BCUT2D eigenvalue weighted by Crippen LogP contribution is -2.64. The maximum Gasteiger partial charge on any atom is 0.252 e. The van der Waals surface area contributed by atoms with Gasteiger partial charge in [0.25, 0.3) is 6.71 Å². The number of anilines is 5. The van der Waals surface area contributed by atoms with Gasteiger partial charge in [-0.15, -0.1) is 11.3 Å². The summed E-state index contributed by atoms with van der Waals surface area (Å²) in [7, 11) is 0. The van der Waals surface area contributed by atoms with Crippen molar-refractivity contribution in [2.75, 3.05) is 9.80 Å². The predicted octanol–water partition coefficient (Wildman–Crippen LogP) is 18.0. The molecule has 0 saturated heterocycles. The fourth-order valence-corrected chi connectivity index (χ4v) is 17.6. The Morgan fingerprint density at radius 3 is 1.80 bits per heavy atom. The minimum atomic E-state index is -0.121. The highest BCUT2D eigenvalue weighted by molar-refractivity contribution is 7.26. The minimum absolute atomic E-state index is 0.0119. The van der Waals surface area contributed by atoms with E-state index in [1.165, 1.54) is 166 Å². The van der Waals surface area contributed by atoms with Crippen LogP contribution in [0.15, 0.2) is 91.0 Å². The van der Waals surface area contributed by atoms with Crippen LogP contribution in [0.25, 0.3) is 36.9 Å². The SMILES string of the molecule is Cc1cc2c(cc1N(c1cc3c4c(c1)-n1c5c(cc(C(C)(C)C)cc5c5sc6ccccc6c51)B4c1cc(C(C)(C)C)cc4c1N3C1(C)CCCCC41C)c1ccc3c(c1)C(C)(C)CCC3(C)C)C(C)(C)CCC2(C)C. The van der Waals surface area contributed by atoms with Crippen molar-refractivity contribution in [3.63, 3.8) is 0 Å². The normalized spacial score (nSPS) is 23.1. The molecule has 14 rings (SSSR count). The Morgan fingerprint density at radius 1 is 0.526 bits per heavy atom. The third kappa shape index (κ3) is 6.36. The first-order valence-electron chi connectivity index (χ1n) is 29.3. The van der Waals surface area contributed by atoms with Crippen LogP contribution in [0.5, 0.6) is 0 Å². The van der Waals surface area contributed by atoms with E-state index in [0.717, 1.165) is 6.42 Å². The van der Waals surface area contributed by atoms with Crippen LogP contribution in [0.3, 0.4) is 0 Å². The van der Waals surface area contributed by atoms with Gasteiger partial charge in [0.15, 0.2) is 0 Å². The van der Waals surface area contributed by atoms with Crippen molar-refractivity contribution in [3.8, 4) is 5.69 Å². The first kappa shape index (κ1) is 49.1. The molecular formula is C71H82BN3S. The highest BCUT2D eigenvalue weighted by Gasteiger charge is 2.62. The Hall–Kier alpha value is -5.26. The van der Waals surface area contributed by atoms with Gasteiger partial charge in [-0.3, -0.25) is 0 Å². The predicted molar refractivity (Wildman–Crippen MR) is 331 cm³/mol. The van der Waals surface area contributed by atoms with Crippen molar-refractivity contribution in [3.05, 3.63) is 136 Å². The van der Waals surface area contributed by atoms with Gasteiger partial charge in [-0.05, 0) is 188 Å². The number of aryl methyl sites for hydroxylation is 1. The lowest BCUT2D eigenvalue weighted by Gasteiger charge is -2.52. The molecule has 76 heavy (non-hydrogen) atoms. The van der Waals surface area contributed by atoms with Crippen LogP contribution in [0.2, 0.25) is 0 Å². The second kappa shape index (κ2) is 15.1. The number of hydrogen-bond acceptors (Lipinski definition) is 3. The molecule has 3 nitrogen and oxygen atoms in total. The lowest BCUT2D eigenvalue weighted by molar-refractivity contribution is 0.195. The summed E-state index contributed by atoms with van der Waals surface area (Å²) >= 11 is 2.00. The molecule has 1 fully saturated rings. The van der Waals surface area contributed by atoms with E-state index in [9.17, 15) is 0 Å². The molecule has 6 aromatic carbocycles. The monoisotopic (exact) mass is 1020 g/mol. The van der Waals surface area contributed by atoms with Crippen molar-refractivity contribution in [2.24, 2.45) is 0 Å². The fraction of sp³-hybridized carbons (Fsp3) is 0.465. The van der Waals surface area contributed by atoms with Gasteiger partial charge in [-0.25, -0.2) is 0 Å². The van der Waals surface area contributed by atoms with E-state index in [1.807, 2.05) is 11.3 Å². The summed E-state index contributed by atoms with van der Waals surface area (Å²) in [4.78, 5) is 5.73. The second-order valence-electron chi connectivity index (χ2n) is 30.3. The van der Waals surface area contributed by atoms with E-state index in [0.29, 0.717) is 0 Å². The van der Waals surface area contributed by atoms with Gasteiger partial charge in [-0.1, -0.05) is 165 Å². The van der Waals surface area contributed by atoms with Crippen molar-refractivity contribution in [2.45, 2.75) is 213 Å². The van der Waals surface area contributed by atoms with Gasteiger partial charge < -0.3 is 14.4 Å². The van der Waals surface area contributed by atoms with E-state index in [4.69, 9.17) is 0 Å². The lowest BCUT2D eigenvalue weighted by atomic mass is 9.33. The van der Waals surface area contributed by atoms with Crippen LogP contribution in [0.4, 0.5) is 28.4 Å². The number of fused-ring (bicyclic) bond motifs is 14. The molecule has 2 unspecified atom stereocenters. The van der Waals surface area contributed by atoms with Crippen molar-refractivity contribution >= 4 is 94.1 Å². The Bertz CT molecular complexity index is 3880. The molecular weight excluding hydrogens is 938 g/mol. The Morgan fingerprint density at radius 2 is 1.12 bits per heavy atom. The zero-order valence-corrected chi connectivity index (χ0v) is 50.0. The number of nitrogens with zero attached hydrogens (tertiary/aromatic N) is 3. The van der Waals surface area contributed by atoms with Gasteiger partial charge >= 0.3 is 0 Å². The van der Waals surface area contributed by atoms with E-state index in [1.54, 1.807) is 5.56 Å². The Balaban J connectivity index is 1.17. The van der Waals surface area contributed by atoms with E-state index < -0.39 is 0 Å². The van der Waals surface area contributed by atoms with Gasteiger partial charge in [0.2, 0.25) is 0 Å². The average molecular weight is 1020 g/mol. The van der Waals surface area contributed by atoms with Crippen LogP contribution in [0.1, 0.15) is 207 Å². The second-order valence-corrected chi connectivity index (χ2v) is 31.4. The topological polar surface area (TPSA) is 11.4 Å². The zero-order chi connectivity index (χ0) is 53.6. The van der Waals surface area contributed by atoms with Crippen molar-refractivity contribution < 1.29 is 0 Å². The zero-order valence-electron chi connectivity index (χ0n) is 49.1. The Kier molecular flexibility index (Phi) is 9.75. The fourth-order valence-electron chi connectivity index (χ4n) is 16.4. The van der Waals surface area contributed by atoms with Crippen molar-refractivity contribution in [1.29, 1.82) is 0 Å². The molecule has 0 radical (unpaired) electrons. The average Bonchev–Trinajstić information content (AvgIpc) is 4.17. The largest absolute Gasteiger partial charge is 0.335 e. The molecule has 0 amide bonds. The Labute approximate surface area is 459 Å². The molecule has 3 aliphatic carbocycles. The van der Waals surface area contributed by atoms with Crippen LogP contribution < -0.4 is 26.2 Å². The van der Waals surface area contributed by atoms with Crippen LogP contribution in [0, 0.1) is 6.92 Å². The molecule has 390 valence electrons. The summed E-state index contributed by atoms with van der Waals surface area (Å²) in [6, 6.07) is 38.2. The molecule has 0 N–H and O–H groups in total. The first-order chi connectivity index (χ1) is 35.6. The van der Waals surface area contributed by atoms with Gasteiger partial charge in [0, 0.05) is 49.3 Å². The van der Waals surface area contributed by atoms with E-state index >= 15 is 0 Å². The first-order valence-corrected chi connectivity index (χ1v) is 30.2. The standard InChI is InChI=1S/C71H82BN3S/c1-41-32-49-51(69(14,15)31-30-67(49,10)11)40-55(41)73(44-24-25-48-50(37-44)68(12,13)29-28-66(48,8)9)45-38-56-59-57(39-45)75-62-52(70(16)26-20-21-27-71(70,75)17)34-43(65(5,6)7)36-54(62)72(59)53-35-42(64(2,3)4)33-47-60(53)74(56)61-46-22-18-19-23-58(46)76-63(47)61/h18-19,22-25,32-40H,20-21,26-31H2,1-17H3. The summed E-state index contributed by atoms with van der Waals surface area (Å²) in [6.07, 6.45) is 9.63. The molecule has 6 aliphatic rings. The summed E-state index contributed by atoms with van der Waals surface area (Å²) in [5.41, 5.74) is 27.3. The number of hydrogen-bond donors (Lipinski definition) is 0. The summed E-state index contributed by atoms with van der Waals surface area (Å²) in [6.45, 7) is 42.3.